The van der Waals surface area contributed by atoms with E-state index in [4.69, 9.17) is 0 Å². The summed E-state index contributed by atoms with van der Waals surface area (Å²) < 4.78 is 0. The van der Waals surface area contributed by atoms with Gasteiger partial charge in [0.25, 0.3) is 0 Å². The van der Waals surface area contributed by atoms with E-state index in [-0.39, 0.29) is 6.03 Å². The highest BCUT2D eigenvalue weighted by molar-refractivity contribution is 5.93. The zero-order chi connectivity index (χ0) is 21.0. The van der Waals surface area contributed by atoms with Crippen molar-refractivity contribution in [2.45, 2.75) is 38.1 Å². The molecule has 4 nitrogen and oxygen atoms in total. The number of amides is 2. The fourth-order valence-corrected chi connectivity index (χ4v) is 5.01. The maximum Gasteiger partial charge on any atom is 0.321 e. The number of benzene rings is 3. The quantitative estimate of drug-likeness (QED) is 0.583. The Morgan fingerprint density at radius 2 is 1.55 bits per heavy atom. The van der Waals surface area contributed by atoms with Crippen molar-refractivity contribution in [2.24, 2.45) is 0 Å². The molecule has 0 atom stereocenters. The van der Waals surface area contributed by atoms with Crippen LogP contribution in [-0.4, -0.2) is 42.0 Å². The number of hydrogen-bond donors (Lipinski definition) is 1. The monoisotopic (exact) mass is 413 g/mol. The topological polar surface area (TPSA) is 35.6 Å². The van der Waals surface area contributed by atoms with E-state index in [0.29, 0.717) is 5.92 Å². The molecule has 2 heterocycles. The first-order chi connectivity index (χ1) is 15.2. The molecule has 2 amide bonds. The SMILES string of the molecule is O=C(Nc1ccc2cc(CN3CCCC3)ccc2c1)N1CCC(c2ccccc2)CC1. The summed E-state index contributed by atoms with van der Waals surface area (Å²) in [7, 11) is 0. The molecule has 0 spiro atoms. The molecule has 0 aromatic heterocycles. The highest BCUT2D eigenvalue weighted by Gasteiger charge is 2.23. The van der Waals surface area contributed by atoms with E-state index < -0.39 is 0 Å². The lowest BCUT2D eigenvalue weighted by Gasteiger charge is -2.32. The Kier molecular flexibility index (Phi) is 5.90. The van der Waals surface area contributed by atoms with Gasteiger partial charge in [-0.25, -0.2) is 4.79 Å². The maximum absolute atomic E-state index is 12.8. The molecular formula is C27H31N3O. The van der Waals surface area contributed by atoms with Crippen LogP contribution in [0.5, 0.6) is 0 Å². The van der Waals surface area contributed by atoms with Crippen LogP contribution in [0.15, 0.2) is 66.7 Å². The van der Waals surface area contributed by atoms with Crippen LogP contribution < -0.4 is 5.32 Å². The predicted octanol–water partition coefficient (Wildman–Crippen LogP) is 5.85. The van der Waals surface area contributed by atoms with Crippen molar-refractivity contribution in [3.8, 4) is 0 Å². The molecule has 0 aliphatic carbocycles. The fraction of sp³-hybridized carbons (Fsp3) is 0.370. The van der Waals surface area contributed by atoms with Gasteiger partial charge in [0.1, 0.15) is 0 Å². The number of hydrogen-bond acceptors (Lipinski definition) is 2. The van der Waals surface area contributed by atoms with Crippen molar-refractivity contribution in [1.29, 1.82) is 0 Å². The molecule has 4 heteroatoms. The number of carbonyl (C=O) groups is 1. The first-order valence-corrected chi connectivity index (χ1v) is 11.6. The molecule has 2 fully saturated rings. The van der Waals surface area contributed by atoms with Crippen molar-refractivity contribution >= 4 is 22.5 Å². The number of anilines is 1. The first kappa shape index (κ1) is 20.1. The van der Waals surface area contributed by atoms with E-state index >= 15 is 0 Å². The predicted molar refractivity (Wildman–Crippen MR) is 127 cm³/mol. The second-order valence-corrected chi connectivity index (χ2v) is 8.98. The highest BCUT2D eigenvalue weighted by atomic mass is 16.2. The number of piperidine rings is 1. The standard InChI is InChI=1S/C27H31N3O/c31-27(30-16-12-23(13-17-30)22-6-2-1-3-7-22)28-26-11-10-24-18-21(8-9-25(24)19-26)20-29-14-4-5-15-29/h1-3,6-11,18-19,23H,4-5,12-17,20H2,(H,28,31). The van der Waals surface area contributed by atoms with Crippen LogP contribution in [0.1, 0.15) is 42.7 Å². The van der Waals surface area contributed by atoms with Crippen LogP contribution in [0.4, 0.5) is 10.5 Å². The normalized spacial score (nSPS) is 17.9. The third kappa shape index (κ3) is 4.75. The summed E-state index contributed by atoms with van der Waals surface area (Å²) in [6, 6.07) is 23.6. The van der Waals surface area contributed by atoms with Crippen molar-refractivity contribution in [3.63, 3.8) is 0 Å². The lowest BCUT2D eigenvalue weighted by atomic mass is 9.90. The number of carbonyl (C=O) groups excluding carboxylic acids is 1. The summed E-state index contributed by atoms with van der Waals surface area (Å²) in [5.74, 6) is 0.556. The molecule has 0 unspecified atom stereocenters. The Morgan fingerprint density at radius 3 is 2.32 bits per heavy atom. The van der Waals surface area contributed by atoms with Crippen molar-refractivity contribution in [3.05, 3.63) is 77.9 Å². The van der Waals surface area contributed by atoms with E-state index in [0.717, 1.165) is 38.2 Å². The largest absolute Gasteiger partial charge is 0.324 e. The summed E-state index contributed by atoms with van der Waals surface area (Å²) >= 11 is 0. The number of nitrogens with one attached hydrogen (secondary N) is 1. The van der Waals surface area contributed by atoms with Gasteiger partial charge in [0.05, 0.1) is 0 Å². The van der Waals surface area contributed by atoms with E-state index in [9.17, 15) is 4.79 Å². The van der Waals surface area contributed by atoms with Crippen LogP contribution >= 0.6 is 0 Å². The zero-order valence-electron chi connectivity index (χ0n) is 18.1. The van der Waals surface area contributed by atoms with Gasteiger partial charge in [0.2, 0.25) is 0 Å². The highest BCUT2D eigenvalue weighted by Crippen LogP contribution is 2.28. The molecule has 160 valence electrons. The maximum atomic E-state index is 12.8. The average Bonchev–Trinajstić information content (AvgIpc) is 3.33. The van der Waals surface area contributed by atoms with Crippen molar-refractivity contribution < 1.29 is 4.79 Å². The van der Waals surface area contributed by atoms with Crippen molar-refractivity contribution in [1.82, 2.24) is 9.80 Å². The van der Waals surface area contributed by atoms with E-state index in [1.807, 2.05) is 11.0 Å². The first-order valence-electron chi connectivity index (χ1n) is 11.6. The summed E-state index contributed by atoms with van der Waals surface area (Å²) in [5.41, 5.74) is 3.63. The Balaban J connectivity index is 1.19. The van der Waals surface area contributed by atoms with E-state index in [1.54, 1.807) is 0 Å². The number of nitrogens with zero attached hydrogens (tertiary/aromatic N) is 2. The minimum Gasteiger partial charge on any atom is -0.324 e. The fourth-order valence-electron chi connectivity index (χ4n) is 5.01. The molecule has 0 radical (unpaired) electrons. The number of rotatable bonds is 4. The molecule has 2 aliphatic heterocycles. The third-order valence-corrected chi connectivity index (χ3v) is 6.81. The minimum atomic E-state index is 0.0107. The van der Waals surface area contributed by atoms with Crippen LogP contribution in [0.3, 0.4) is 0 Å². The van der Waals surface area contributed by atoms with Crippen LogP contribution in [0.2, 0.25) is 0 Å². The smallest absolute Gasteiger partial charge is 0.321 e. The lowest BCUT2D eigenvalue weighted by molar-refractivity contribution is 0.194. The molecule has 31 heavy (non-hydrogen) atoms. The van der Waals surface area contributed by atoms with Crippen LogP contribution in [0, 0.1) is 0 Å². The summed E-state index contributed by atoms with van der Waals surface area (Å²) in [6.45, 7) is 5.07. The number of urea groups is 1. The molecule has 2 saturated heterocycles. The molecule has 0 bridgehead atoms. The molecule has 1 N–H and O–H groups in total. The Labute approximate surface area is 184 Å². The van der Waals surface area contributed by atoms with Gasteiger partial charge in [-0.15, -0.1) is 0 Å². The summed E-state index contributed by atoms with van der Waals surface area (Å²) in [4.78, 5) is 17.3. The van der Waals surface area contributed by atoms with Gasteiger partial charge in [0.15, 0.2) is 0 Å². The molecule has 5 rings (SSSR count). The van der Waals surface area contributed by atoms with Gasteiger partial charge in [-0.1, -0.05) is 48.5 Å². The Hall–Kier alpha value is -2.85. The lowest BCUT2D eigenvalue weighted by Crippen LogP contribution is -2.40. The summed E-state index contributed by atoms with van der Waals surface area (Å²) in [6.07, 6.45) is 4.69. The number of likely N-dealkylation sites (tertiary alicyclic amines) is 2. The van der Waals surface area contributed by atoms with Crippen LogP contribution in [0.25, 0.3) is 10.8 Å². The van der Waals surface area contributed by atoms with Crippen LogP contribution in [-0.2, 0) is 6.54 Å². The number of fused-ring (bicyclic) bond motifs is 1. The second kappa shape index (κ2) is 9.11. The molecule has 3 aromatic carbocycles. The molecule has 0 saturated carbocycles. The van der Waals surface area contributed by atoms with Gasteiger partial charge in [-0.3, -0.25) is 4.90 Å². The molecule has 2 aliphatic rings. The van der Waals surface area contributed by atoms with Crippen molar-refractivity contribution in [2.75, 3.05) is 31.5 Å². The third-order valence-electron chi connectivity index (χ3n) is 6.81. The second-order valence-electron chi connectivity index (χ2n) is 8.98. The van der Waals surface area contributed by atoms with Gasteiger partial charge in [-0.2, -0.15) is 0 Å². The zero-order valence-corrected chi connectivity index (χ0v) is 18.1. The van der Waals surface area contributed by atoms with E-state index in [2.05, 4.69) is 70.9 Å². The minimum absolute atomic E-state index is 0.0107. The molecule has 3 aromatic rings. The van der Waals surface area contributed by atoms with Gasteiger partial charge >= 0.3 is 6.03 Å². The van der Waals surface area contributed by atoms with Gasteiger partial charge < -0.3 is 10.2 Å². The average molecular weight is 414 g/mol. The van der Waals surface area contributed by atoms with E-state index in [1.165, 1.54) is 47.8 Å². The Bertz CT molecular complexity index is 1030. The Morgan fingerprint density at radius 1 is 0.839 bits per heavy atom. The van der Waals surface area contributed by atoms with Gasteiger partial charge in [-0.05, 0) is 84.8 Å². The summed E-state index contributed by atoms with van der Waals surface area (Å²) in [5, 5.41) is 5.52. The molecular weight excluding hydrogens is 382 g/mol. The van der Waals surface area contributed by atoms with Gasteiger partial charge in [0, 0.05) is 25.3 Å².